The first-order valence-electron chi connectivity index (χ1n) is 16.3. The highest BCUT2D eigenvalue weighted by molar-refractivity contribution is 7.17. The molecule has 0 N–H and O–H groups in total. The molecule has 49 heavy (non-hydrogen) atoms. The van der Waals surface area contributed by atoms with Crippen LogP contribution in [0.25, 0.3) is 98.8 Å². The van der Waals surface area contributed by atoms with Gasteiger partial charge < -0.3 is 4.57 Å². The molecule has 228 valence electrons. The summed E-state index contributed by atoms with van der Waals surface area (Å²) in [6.45, 7) is 0. The highest BCUT2D eigenvalue weighted by Crippen LogP contribution is 2.43. The van der Waals surface area contributed by atoms with Gasteiger partial charge in [-0.1, -0.05) is 78.9 Å². The van der Waals surface area contributed by atoms with Gasteiger partial charge in [-0.15, -0.1) is 11.3 Å². The van der Waals surface area contributed by atoms with Gasteiger partial charge in [-0.25, -0.2) is 15.0 Å². The van der Waals surface area contributed by atoms with Crippen LogP contribution >= 0.6 is 11.3 Å². The highest BCUT2D eigenvalue weighted by atomic mass is 32.1. The van der Waals surface area contributed by atoms with Crippen LogP contribution in [-0.4, -0.2) is 23.9 Å². The predicted octanol–water partition coefficient (Wildman–Crippen LogP) is 11.2. The van der Waals surface area contributed by atoms with Crippen molar-refractivity contribution in [2.45, 2.75) is 0 Å². The number of rotatable bonds is 4. The average molecular weight is 644 g/mol. The van der Waals surface area contributed by atoms with Crippen molar-refractivity contribution in [3.05, 3.63) is 151 Å². The Morgan fingerprint density at radius 2 is 0.980 bits per heavy atom. The van der Waals surface area contributed by atoms with Crippen LogP contribution in [-0.2, 0) is 0 Å². The maximum absolute atomic E-state index is 4.90. The SMILES string of the molecule is c1ccc2c(c1)c1ccccc1n2-c1ccc(-c2ncnc(-c3ccc(-c4cc5c6ccccc6n6c7sccc7c(c4)c56)cc3)n2)cc1. The zero-order valence-electron chi connectivity index (χ0n) is 26.1. The van der Waals surface area contributed by atoms with Gasteiger partial charge in [0.1, 0.15) is 11.2 Å². The molecule has 0 saturated carbocycles. The lowest BCUT2D eigenvalue weighted by atomic mass is 9.99. The lowest BCUT2D eigenvalue weighted by Gasteiger charge is -2.09. The van der Waals surface area contributed by atoms with Gasteiger partial charge in [0.25, 0.3) is 0 Å². The number of para-hydroxylation sites is 3. The molecule has 0 amide bonds. The molecule has 0 spiro atoms. The second kappa shape index (κ2) is 10.1. The minimum atomic E-state index is 0.652. The molecule has 0 atom stereocenters. The minimum Gasteiger partial charge on any atom is -0.309 e. The summed E-state index contributed by atoms with van der Waals surface area (Å²) >= 11 is 1.81. The maximum atomic E-state index is 4.90. The van der Waals surface area contributed by atoms with Crippen molar-refractivity contribution in [1.29, 1.82) is 0 Å². The summed E-state index contributed by atoms with van der Waals surface area (Å²) in [6.07, 6.45) is 1.61. The molecule has 5 aromatic heterocycles. The van der Waals surface area contributed by atoms with E-state index in [9.17, 15) is 0 Å². The third kappa shape index (κ3) is 3.83. The Balaban J connectivity index is 0.947. The Labute approximate surface area is 284 Å². The van der Waals surface area contributed by atoms with Crippen molar-refractivity contribution < 1.29 is 0 Å². The molecule has 5 heterocycles. The predicted molar refractivity (Wildman–Crippen MR) is 203 cm³/mol. The van der Waals surface area contributed by atoms with E-state index < -0.39 is 0 Å². The first kappa shape index (κ1) is 26.7. The van der Waals surface area contributed by atoms with Gasteiger partial charge in [0.15, 0.2) is 11.6 Å². The number of hydrogen-bond donors (Lipinski definition) is 0. The summed E-state index contributed by atoms with van der Waals surface area (Å²) in [7, 11) is 0. The van der Waals surface area contributed by atoms with E-state index in [-0.39, 0.29) is 0 Å². The fourth-order valence-electron chi connectivity index (χ4n) is 7.71. The largest absolute Gasteiger partial charge is 0.309 e. The molecule has 0 bridgehead atoms. The highest BCUT2D eigenvalue weighted by Gasteiger charge is 2.19. The Morgan fingerprint density at radius 3 is 1.63 bits per heavy atom. The Morgan fingerprint density at radius 1 is 0.449 bits per heavy atom. The van der Waals surface area contributed by atoms with Crippen LogP contribution in [0.5, 0.6) is 0 Å². The van der Waals surface area contributed by atoms with Crippen LogP contribution in [0.4, 0.5) is 0 Å². The molecule has 0 aliphatic heterocycles. The lowest BCUT2D eigenvalue weighted by Crippen LogP contribution is -1.97. The van der Waals surface area contributed by atoms with Gasteiger partial charge in [0.05, 0.1) is 22.1 Å². The molecule has 0 aliphatic rings. The fraction of sp³-hybridized carbons (Fsp3) is 0. The molecule has 6 heteroatoms. The van der Waals surface area contributed by atoms with E-state index in [4.69, 9.17) is 4.98 Å². The van der Waals surface area contributed by atoms with Gasteiger partial charge in [-0.05, 0) is 77.2 Å². The number of aromatic nitrogens is 5. The summed E-state index contributed by atoms with van der Waals surface area (Å²) in [4.78, 5) is 15.3. The quantitative estimate of drug-likeness (QED) is 0.192. The van der Waals surface area contributed by atoms with E-state index in [1.54, 1.807) is 17.7 Å². The number of nitrogens with zero attached hydrogens (tertiary/aromatic N) is 5. The summed E-state index contributed by atoms with van der Waals surface area (Å²) in [6, 6.07) is 49.8. The number of hydrogen-bond acceptors (Lipinski definition) is 4. The van der Waals surface area contributed by atoms with E-state index in [1.807, 2.05) is 0 Å². The molecule has 0 unspecified atom stereocenters. The molecule has 0 fully saturated rings. The van der Waals surface area contributed by atoms with Gasteiger partial charge >= 0.3 is 0 Å². The van der Waals surface area contributed by atoms with Crippen molar-refractivity contribution >= 4 is 70.6 Å². The Hall–Kier alpha value is -6.37. The first-order valence-corrected chi connectivity index (χ1v) is 17.2. The molecular formula is C43H25N5S. The number of fused-ring (bicyclic) bond motifs is 9. The molecule has 0 radical (unpaired) electrons. The van der Waals surface area contributed by atoms with Crippen LogP contribution in [0, 0.1) is 0 Å². The van der Waals surface area contributed by atoms with E-state index in [0.717, 1.165) is 22.4 Å². The van der Waals surface area contributed by atoms with Gasteiger partial charge in [-0.2, -0.15) is 0 Å². The number of benzene rings is 6. The van der Waals surface area contributed by atoms with Gasteiger partial charge in [0.2, 0.25) is 0 Å². The third-order valence-electron chi connectivity index (χ3n) is 9.92. The van der Waals surface area contributed by atoms with E-state index in [2.05, 4.69) is 164 Å². The Kier molecular flexibility index (Phi) is 5.48. The van der Waals surface area contributed by atoms with Gasteiger partial charge in [-0.3, -0.25) is 4.40 Å². The zero-order chi connectivity index (χ0) is 32.1. The van der Waals surface area contributed by atoms with Gasteiger partial charge in [0, 0.05) is 49.1 Å². The standard InChI is InChI=1S/C43H25N5S/c1-4-10-37-31(7-1)32-8-2-5-11-38(32)47(37)30-19-17-28(18-20-30)42-45-25-44-41(46-42)27-15-13-26(14-16-27)29-23-35-33-9-3-6-12-39(33)48-40(35)36(24-29)34-21-22-49-43(34)48/h1-25H. The van der Waals surface area contributed by atoms with E-state index in [1.165, 1.54) is 64.8 Å². The third-order valence-corrected chi connectivity index (χ3v) is 10.8. The summed E-state index contributed by atoms with van der Waals surface area (Å²) in [5.41, 5.74) is 10.3. The van der Waals surface area contributed by atoms with Crippen LogP contribution in [0.3, 0.4) is 0 Å². The van der Waals surface area contributed by atoms with Crippen molar-refractivity contribution in [2.75, 3.05) is 0 Å². The van der Waals surface area contributed by atoms with Crippen LogP contribution < -0.4 is 0 Å². The molecule has 5 nitrogen and oxygen atoms in total. The van der Waals surface area contributed by atoms with Crippen molar-refractivity contribution in [3.63, 3.8) is 0 Å². The van der Waals surface area contributed by atoms with Crippen molar-refractivity contribution in [2.24, 2.45) is 0 Å². The normalized spacial score (nSPS) is 12.1. The molecule has 11 aromatic rings. The summed E-state index contributed by atoms with van der Waals surface area (Å²) in [5, 5.41) is 9.89. The minimum absolute atomic E-state index is 0.652. The average Bonchev–Trinajstić information content (AvgIpc) is 3.93. The smallest absolute Gasteiger partial charge is 0.163 e. The topological polar surface area (TPSA) is 48.0 Å². The lowest BCUT2D eigenvalue weighted by molar-refractivity contribution is 1.06. The first-order chi connectivity index (χ1) is 24.3. The Bertz CT molecular complexity index is 2980. The second-order valence-corrected chi connectivity index (χ2v) is 13.4. The van der Waals surface area contributed by atoms with Crippen molar-refractivity contribution in [3.8, 4) is 39.6 Å². The molecule has 6 aromatic carbocycles. The van der Waals surface area contributed by atoms with E-state index in [0.29, 0.717) is 11.6 Å². The molecule has 0 saturated heterocycles. The van der Waals surface area contributed by atoms with Crippen molar-refractivity contribution in [1.82, 2.24) is 23.9 Å². The molecule has 0 aliphatic carbocycles. The second-order valence-electron chi connectivity index (χ2n) is 12.5. The number of thiophene rings is 1. The summed E-state index contributed by atoms with van der Waals surface area (Å²) < 4.78 is 4.75. The van der Waals surface area contributed by atoms with Crippen LogP contribution in [0.1, 0.15) is 0 Å². The fourth-order valence-corrected chi connectivity index (χ4v) is 8.64. The van der Waals surface area contributed by atoms with E-state index >= 15 is 0 Å². The van der Waals surface area contributed by atoms with Crippen LogP contribution in [0.15, 0.2) is 151 Å². The summed E-state index contributed by atoms with van der Waals surface area (Å²) in [5.74, 6) is 1.31. The van der Waals surface area contributed by atoms with Crippen LogP contribution in [0.2, 0.25) is 0 Å². The monoisotopic (exact) mass is 643 g/mol. The maximum Gasteiger partial charge on any atom is 0.163 e. The molecular weight excluding hydrogens is 619 g/mol. The molecule has 11 rings (SSSR count). The zero-order valence-corrected chi connectivity index (χ0v) is 26.9.